The monoisotopic (exact) mass is 332 g/mol. The van der Waals surface area contributed by atoms with Gasteiger partial charge in [-0.05, 0) is 44.5 Å². The van der Waals surface area contributed by atoms with Crippen LogP contribution in [0.15, 0.2) is 24.3 Å². The Morgan fingerprint density at radius 1 is 1.48 bits per heavy atom. The fraction of sp³-hybridized carbons (Fsp3) is 0.533. The van der Waals surface area contributed by atoms with Crippen molar-refractivity contribution >= 4 is 29.9 Å². The summed E-state index contributed by atoms with van der Waals surface area (Å²) in [6.07, 6.45) is 0.392. The molecule has 1 aliphatic rings. The first-order valence-corrected chi connectivity index (χ1v) is 7.38. The van der Waals surface area contributed by atoms with Gasteiger partial charge in [-0.3, -0.25) is 4.79 Å². The summed E-state index contributed by atoms with van der Waals surface area (Å²) in [7, 11) is 0. The van der Waals surface area contributed by atoms with Gasteiger partial charge in [0.2, 0.25) is 0 Å². The van der Waals surface area contributed by atoms with Gasteiger partial charge >= 0.3 is 0 Å². The van der Waals surface area contributed by atoms with Crippen LogP contribution >= 0.6 is 24.0 Å². The van der Waals surface area contributed by atoms with E-state index in [2.05, 4.69) is 17.6 Å². The van der Waals surface area contributed by atoms with Gasteiger partial charge in [-0.25, -0.2) is 0 Å². The molecule has 118 valence electrons. The van der Waals surface area contributed by atoms with Crippen LogP contribution < -0.4 is 15.4 Å². The molecule has 6 heteroatoms. The quantitative estimate of drug-likeness (QED) is 0.891. The van der Waals surface area contributed by atoms with Crippen LogP contribution in [-0.4, -0.2) is 31.1 Å². The number of halogens is 2. The van der Waals surface area contributed by atoms with Crippen molar-refractivity contribution in [1.29, 1.82) is 0 Å². The standard InChI is InChI=1S/C15H21ClN2O2.ClH/c1-10-9-17-8-7-13(10)18-15(19)11(2)20-14-6-4-3-5-12(14)16;/h3-6,10-11,13,17H,7-9H2,1-2H3,(H,18,19);1H. The number of nitrogens with one attached hydrogen (secondary N) is 2. The molecule has 1 heterocycles. The fourth-order valence-corrected chi connectivity index (χ4v) is 2.49. The smallest absolute Gasteiger partial charge is 0.261 e. The van der Waals surface area contributed by atoms with Gasteiger partial charge in [0.25, 0.3) is 5.91 Å². The van der Waals surface area contributed by atoms with Gasteiger partial charge in [0.1, 0.15) is 5.75 Å². The van der Waals surface area contributed by atoms with Crippen LogP contribution in [0.1, 0.15) is 20.3 Å². The van der Waals surface area contributed by atoms with E-state index in [0.717, 1.165) is 19.5 Å². The van der Waals surface area contributed by atoms with E-state index in [1.807, 2.05) is 12.1 Å². The van der Waals surface area contributed by atoms with Crippen LogP contribution in [0.3, 0.4) is 0 Å². The molecule has 0 aliphatic carbocycles. The minimum absolute atomic E-state index is 0. The Kier molecular flexibility index (Phi) is 7.29. The maximum absolute atomic E-state index is 12.2. The topological polar surface area (TPSA) is 50.4 Å². The zero-order valence-electron chi connectivity index (χ0n) is 12.3. The lowest BCUT2D eigenvalue weighted by atomic mass is 9.95. The normalized spacial score (nSPS) is 22.8. The molecule has 1 aromatic carbocycles. The Morgan fingerprint density at radius 3 is 2.86 bits per heavy atom. The number of ether oxygens (including phenoxy) is 1. The Bertz CT molecular complexity index is 471. The van der Waals surface area contributed by atoms with Crippen LogP contribution in [0, 0.1) is 5.92 Å². The zero-order chi connectivity index (χ0) is 14.5. The minimum Gasteiger partial charge on any atom is -0.479 e. The van der Waals surface area contributed by atoms with E-state index in [1.165, 1.54) is 0 Å². The fourth-order valence-electron chi connectivity index (χ4n) is 2.31. The molecule has 0 spiro atoms. The molecule has 4 nitrogen and oxygen atoms in total. The van der Waals surface area contributed by atoms with Crippen molar-refractivity contribution in [3.8, 4) is 5.75 Å². The Balaban J connectivity index is 0.00000220. The number of hydrogen-bond acceptors (Lipinski definition) is 3. The van der Waals surface area contributed by atoms with Crippen LogP contribution in [-0.2, 0) is 4.79 Å². The molecule has 3 atom stereocenters. The highest BCUT2D eigenvalue weighted by molar-refractivity contribution is 6.32. The van der Waals surface area contributed by atoms with Crippen LogP contribution in [0.4, 0.5) is 0 Å². The summed E-state index contributed by atoms with van der Waals surface area (Å²) >= 11 is 6.02. The van der Waals surface area contributed by atoms with Gasteiger partial charge in [-0.2, -0.15) is 0 Å². The van der Waals surface area contributed by atoms with Gasteiger partial charge in [-0.15, -0.1) is 12.4 Å². The summed E-state index contributed by atoms with van der Waals surface area (Å²) in [6.45, 7) is 5.75. The van der Waals surface area contributed by atoms with E-state index in [9.17, 15) is 4.79 Å². The van der Waals surface area contributed by atoms with Crippen molar-refractivity contribution in [2.45, 2.75) is 32.4 Å². The average molecular weight is 333 g/mol. The molecule has 0 bridgehead atoms. The van der Waals surface area contributed by atoms with Gasteiger partial charge in [0, 0.05) is 6.04 Å². The summed E-state index contributed by atoms with van der Waals surface area (Å²) in [6, 6.07) is 7.38. The molecule has 0 aromatic heterocycles. The summed E-state index contributed by atoms with van der Waals surface area (Å²) in [4.78, 5) is 12.2. The molecular weight excluding hydrogens is 311 g/mol. The van der Waals surface area contributed by atoms with E-state index in [1.54, 1.807) is 19.1 Å². The second kappa shape index (κ2) is 8.47. The van der Waals surface area contributed by atoms with Gasteiger partial charge in [0.15, 0.2) is 6.10 Å². The maximum Gasteiger partial charge on any atom is 0.261 e. The molecular formula is C15H22Cl2N2O2. The SMILES string of the molecule is CC(Oc1ccccc1Cl)C(=O)NC1CCNCC1C.Cl. The highest BCUT2D eigenvalue weighted by atomic mass is 35.5. The molecule has 1 aromatic rings. The minimum atomic E-state index is -0.558. The molecule has 0 saturated carbocycles. The number of rotatable bonds is 4. The maximum atomic E-state index is 12.2. The molecule has 2 rings (SSSR count). The second-order valence-electron chi connectivity index (χ2n) is 5.28. The third kappa shape index (κ3) is 5.06. The first kappa shape index (κ1) is 18.1. The molecule has 21 heavy (non-hydrogen) atoms. The van der Waals surface area contributed by atoms with Crippen molar-refractivity contribution in [3.05, 3.63) is 29.3 Å². The Morgan fingerprint density at radius 2 is 2.19 bits per heavy atom. The van der Waals surface area contributed by atoms with Gasteiger partial charge in [-0.1, -0.05) is 30.7 Å². The number of carbonyl (C=O) groups excluding carboxylic acids is 1. The van der Waals surface area contributed by atoms with Gasteiger partial charge < -0.3 is 15.4 Å². The van der Waals surface area contributed by atoms with E-state index in [0.29, 0.717) is 16.7 Å². The largest absolute Gasteiger partial charge is 0.479 e. The third-order valence-electron chi connectivity index (χ3n) is 3.62. The highest BCUT2D eigenvalue weighted by Gasteiger charge is 2.25. The molecule has 1 amide bonds. The van der Waals surface area contributed by atoms with E-state index in [-0.39, 0.29) is 24.4 Å². The number of amides is 1. The Labute approximate surface area is 137 Å². The number of hydrogen-bond donors (Lipinski definition) is 2. The number of benzene rings is 1. The molecule has 0 radical (unpaired) electrons. The van der Waals surface area contributed by atoms with Crippen molar-refractivity contribution in [2.75, 3.05) is 13.1 Å². The predicted octanol–water partition coefficient (Wildman–Crippen LogP) is 2.64. The lowest BCUT2D eigenvalue weighted by molar-refractivity contribution is -0.128. The summed E-state index contributed by atoms with van der Waals surface area (Å²) in [5.74, 6) is 0.874. The molecule has 1 saturated heterocycles. The van der Waals surface area contributed by atoms with Crippen molar-refractivity contribution in [1.82, 2.24) is 10.6 Å². The van der Waals surface area contributed by atoms with Gasteiger partial charge in [0.05, 0.1) is 5.02 Å². The van der Waals surface area contributed by atoms with Crippen LogP contribution in [0.25, 0.3) is 0 Å². The molecule has 3 unspecified atom stereocenters. The molecule has 1 fully saturated rings. The van der Waals surface area contributed by atoms with Crippen molar-refractivity contribution in [3.63, 3.8) is 0 Å². The first-order chi connectivity index (χ1) is 9.58. The summed E-state index contributed by atoms with van der Waals surface area (Å²) in [5.41, 5.74) is 0. The number of para-hydroxylation sites is 1. The summed E-state index contributed by atoms with van der Waals surface area (Å²) in [5, 5.41) is 6.89. The number of carbonyl (C=O) groups is 1. The summed E-state index contributed by atoms with van der Waals surface area (Å²) < 4.78 is 5.62. The second-order valence-corrected chi connectivity index (χ2v) is 5.68. The Hall–Kier alpha value is -0.970. The number of piperidine rings is 1. The van der Waals surface area contributed by atoms with E-state index >= 15 is 0 Å². The average Bonchev–Trinajstić information content (AvgIpc) is 2.43. The van der Waals surface area contributed by atoms with Crippen molar-refractivity contribution in [2.24, 2.45) is 5.92 Å². The third-order valence-corrected chi connectivity index (χ3v) is 3.93. The lowest BCUT2D eigenvalue weighted by Gasteiger charge is -2.31. The van der Waals surface area contributed by atoms with E-state index < -0.39 is 6.10 Å². The molecule has 1 aliphatic heterocycles. The lowest BCUT2D eigenvalue weighted by Crippen LogP contribution is -2.51. The van der Waals surface area contributed by atoms with Crippen LogP contribution in [0.2, 0.25) is 5.02 Å². The zero-order valence-corrected chi connectivity index (χ0v) is 13.8. The van der Waals surface area contributed by atoms with Crippen molar-refractivity contribution < 1.29 is 9.53 Å². The predicted molar refractivity (Wildman–Crippen MR) is 87.4 cm³/mol. The molecule has 2 N–H and O–H groups in total. The van der Waals surface area contributed by atoms with Crippen LogP contribution in [0.5, 0.6) is 5.75 Å². The first-order valence-electron chi connectivity index (χ1n) is 7.00. The highest BCUT2D eigenvalue weighted by Crippen LogP contribution is 2.24. The van der Waals surface area contributed by atoms with E-state index in [4.69, 9.17) is 16.3 Å².